The summed E-state index contributed by atoms with van der Waals surface area (Å²) in [6.45, 7) is 3.08. The number of aliphatic hydroxyl groups excluding tert-OH is 1. The molecule has 1 N–H and O–H groups in total. The lowest BCUT2D eigenvalue weighted by molar-refractivity contribution is 0.282. The van der Waals surface area contributed by atoms with Gasteiger partial charge in [0.1, 0.15) is 0 Å². The monoisotopic (exact) mass is 305 g/mol. The second-order valence-corrected chi connectivity index (χ2v) is 4.88. The van der Waals surface area contributed by atoms with Gasteiger partial charge in [0.2, 0.25) is 0 Å². The molecule has 0 aliphatic rings. The van der Waals surface area contributed by atoms with Crippen LogP contribution in [0.15, 0.2) is 53.0 Å². The SMILES string of the molecule is CCN(c1ccccc1)c1ccc(CO)cc1Br. The molecule has 2 nitrogen and oxygen atoms in total. The topological polar surface area (TPSA) is 23.5 Å². The maximum absolute atomic E-state index is 9.13. The molecule has 0 amide bonds. The van der Waals surface area contributed by atoms with Gasteiger partial charge in [0, 0.05) is 16.7 Å². The highest BCUT2D eigenvalue weighted by molar-refractivity contribution is 9.10. The minimum atomic E-state index is 0.0658. The summed E-state index contributed by atoms with van der Waals surface area (Å²) >= 11 is 3.57. The van der Waals surface area contributed by atoms with Crippen molar-refractivity contribution in [3.05, 3.63) is 58.6 Å². The average Bonchev–Trinajstić information content (AvgIpc) is 2.42. The van der Waals surface area contributed by atoms with Gasteiger partial charge in [0.15, 0.2) is 0 Å². The van der Waals surface area contributed by atoms with Gasteiger partial charge in [-0.25, -0.2) is 0 Å². The highest BCUT2D eigenvalue weighted by Gasteiger charge is 2.10. The van der Waals surface area contributed by atoms with Crippen LogP contribution in [0, 0.1) is 0 Å². The van der Waals surface area contributed by atoms with Crippen LogP contribution in [0.25, 0.3) is 0 Å². The maximum atomic E-state index is 9.13. The first kappa shape index (κ1) is 13.1. The lowest BCUT2D eigenvalue weighted by Gasteiger charge is -2.24. The molecule has 2 aromatic carbocycles. The summed E-state index contributed by atoms with van der Waals surface area (Å²) in [6, 6.07) is 16.2. The van der Waals surface area contributed by atoms with Gasteiger partial charge in [-0.2, -0.15) is 0 Å². The molecule has 0 heterocycles. The Labute approximate surface area is 116 Å². The number of benzene rings is 2. The van der Waals surface area contributed by atoms with Gasteiger partial charge in [-0.1, -0.05) is 24.3 Å². The first-order valence-electron chi connectivity index (χ1n) is 5.98. The van der Waals surface area contributed by atoms with Crippen LogP contribution in [0.1, 0.15) is 12.5 Å². The summed E-state index contributed by atoms with van der Waals surface area (Å²) in [5, 5.41) is 9.13. The molecule has 94 valence electrons. The molecule has 0 bridgehead atoms. The van der Waals surface area contributed by atoms with Crippen molar-refractivity contribution in [3.8, 4) is 0 Å². The molecular weight excluding hydrogens is 290 g/mol. The van der Waals surface area contributed by atoms with Gasteiger partial charge in [-0.05, 0) is 52.7 Å². The first-order valence-corrected chi connectivity index (χ1v) is 6.77. The van der Waals surface area contributed by atoms with E-state index in [1.807, 2.05) is 36.4 Å². The summed E-state index contributed by atoms with van der Waals surface area (Å²) in [5.41, 5.74) is 3.19. The third-order valence-electron chi connectivity index (χ3n) is 2.87. The van der Waals surface area contributed by atoms with Crippen molar-refractivity contribution in [2.45, 2.75) is 13.5 Å². The number of hydrogen-bond donors (Lipinski definition) is 1. The van der Waals surface area contributed by atoms with Crippen LogP contribution in [-0.4, -0.2) is 11.7 Å². The van der Waals surface area contributed by atoms with E-state index in [9.17, 15) is 0 Å². The van der Waals surface area contributed by atoms with Crippen molar-refractivity contribution < 1.29 is 5.11 Å². The molecule has 0 aromatic heterocycles. The molecule has 0 saturated carbocycles. The summed E-state index contributed by atoms with van der Waals surface area (Å²) < 4.78 is 1.000. The molecule has 0 spiro atoms. The normalized spacial score (nSPS) is 10.4. The minimum absolute atomic E-state index is 0.0658. The van der Waals surface area contributed by atoms with E-state index in [4.69, 9.17) is 5.11 Å². The van der Waals surface area contributed by atoms with E-state index in [-0.39, 0.29) is 6.61 Å². The maximum Gasteiger partial charge on any atom is 0.0682 e. The fourth-order valence-corrected chi connectivity index (χ4v) is 2.61. The highest BCUT2D eigenvalue weighted by atomic mass is 79.9. The predicted molar refractivity (Wildman–Crippen MR) is 79.2 cm³/mol. The lowest BCUT2D eigenvalue weighted by atomic mass is 10.2. The van der Waals surface area contributed by atoms with Gasteiger partial charge in [0.05, 0.1) is 12.3 Å². The van der Waals surface area contributed by atoms with Crippen molar-refractivity contribution in [2.24, 2.45) is 0 Å². The van der Waals surface area contributed by atoms with E-state index in [1.165, 1.54) is 0 Å². The van der Waals surface area contributed by atoms with E-state index >= 15 is 0 Å². The second kappa shape index (κ2) is 6.03. The zero-order valence-corrected chi connectivity index (χ0v) is 11.9. The van der Waals surface area contributed by atoms with Gasteiger partial charge >= 0.3 is 0 Å². The van der Waals surface area contributed by atoms with Gasteiger partial charge < -0.3 is 10.0 Å². The number of hydrogen-bond acceptors (Lipinski definition) is 2. The largest absolute Gasteiger partial charge is 0.392 e. The van der Waals surface area contributed by atoms with Gasteiger partial charge in [0.25, 0.3) is 0 Å². The number of rotatable bonds is 4. The molecular formula is C15H16BrNO. The van der Waals surface area contributed by atoms with Crippen molar-refractivity contribution >= 4 is 27.3 Å². The van der Waals surface area contributed by atoms with Crippen LogP contribution in [0.2, 0.25) is 0 Å². The molecule has 3 heteroatoms. The van der Waals surface area contributed by atoms with E-state index in [2.05, 4.69) is 39.9 Å². The number of anilines is 2. The molecule has 0 atom stereocenters. The molecule has 2 rings (SSSR count). The standard InChI is InChI=1S/C15H16BrNO/c1-2-17(13-6-4-3-5-7-13)15-9-8-12(11-18)10-14(15)16/h3-10,18H,2,11H2,1H3. The summed E-state index contributed by atoms with van der Waals surface area (Å²) in [5.74, 6) is 0. The van der Waals surface area contributed by atoms with Gasteiger partial charge in [-0.3, -0.25) is 0 Å². The van der Waals surface area contributed by atoms with E-state index in [0.29, 0.717) is 0 Å². The molecule has 18 heavy (non-hydrogen) atoms. The van der Waals surface area contributed by atoms with E-state index in [0.717, 1.165) is 28.0 Å². The molecule has 0 saturated heterocycles. The number of para-hydroxylation sites is 1. The van der Waals surface area contributed by atoms with E-state index in [1.54, 1.807) is 0 Å². The summed E-state index contributed by atoms with van der Waals surface area (Å²) in [4.78, 5) is 2.23. The Bertz CT molecular complexity index is 513. The highest BCUT2D eigenvalue weighted by Crippen LogP contribution is 2.32. The third kappa shape index (κ3) is 2.74. The van der Waals surface area contributed by atoms with Crippen LogP contribution in [0.4, 0.5) is 11.4 Å². The zero-order valence-electron chi connectivity index (χ0n) is 10.3. The van der Waals surface area contributed by atoms with Crippen molar-refractivity contribution in [1.29, 1.82) is 0 Å². The number of nitrogens with zero attached hydrogens (tertiary/aromatic N) is 1. The molecule has 0 unspecified atom stereocenters. The lowest BCUT2D eigenvalue weighted by Crippen LogP contribution is -2.16. The summed E-state index contributed by atoms with van der Waals surface area (Å²) in [7, 11) is 0. The predicted octanol–water partition coefficient (Wildman–Crippen LogP) is 4.10. The van der Waals surface area contributed by atoms with Crippen LogP contribution >= 0.6 is 15.9 Å². The van der Waals surface area contributed by atoms with Crippen LogP contribution < -0.4 is 4.90 Å². The van der Waals surface area contributed by atoms with Crippen LogP contribution in [-0.2, 0) is 6.61 Å². The summed E-state index contributed by atoms with van der Waals surface area (Å²) in [6.07, 6.45) is 0. The van der Waals surface area contributed by atoms with Crippen molar-refractivity contribution in [3.63, 3.8) is 0 Å². The van der Waals surface area contributed by atoms with Crippen LogP contribution in [0.3, 0.4) is 0 Å². The minimum Gasteiger partial charge on any atom is -0.392 e. The average molecular weight is 306 g/mol. The molecule has 0 aliphatic carbocycles. The Kier molecular flexibility index (Phi) is 4.39. The fourth-order valence-electron chi connectivity index (χ4n) is 1.97. The molecule has 2 aromatic rings. The Morgan fingerprint density at radius 1 is 1.11 bits per heavy atom. The smallest absolute Gasteiger partial charge is 0.0682 e. The molecule has 0 fully saturated rings. The number of aliphatic hydroxyl groups is 1. The Hall–Kier alpha value is -1.32. The van der Waals surface area contributed by atoms with Crippen LogP contribution in [0.5, 0.6) is 0 Å². The molecule has 0 radical (unpaired) electrons. The molecule has 0 aliphatic heterocycles. The number of halogens is 1. The zero-order chi connectivity index (χ0) is 13.0. The van der Waals surface area contributed by atoms with Crippen molar-refractivity contribution in [2.75, 3.05) is 11.4 Å². The van der Waals surface area contributed by atoms with Crippen molar-refractivity contribution in [1.82, 2.24) is 0 Å². The Morgan fingerprint density at radius 3 is 2.39 bits per heavy atom. The first-order chi connectivity index (χ1) is 8.76. The fraction of sp³-hybridized carbons (Fsp3) is 0.200. The second-order valence-electron chi connectivity index (χ2n) is 4.02. The third-order valence-corrected chi connectivity index (χ3v) is 3.50. The van der Waals surface area contributed by atoms with E-state index < -0.39 is 0 Å². The Balaban J connectivity index is 2.39. The van der Waals surface area contributed by atoms with Gasteiger partial charge in [-0.15, -0.1) is 0 Å². The quantitative estimate of drug-likeness (QED) is 0.919. The Morgan fingerprint density at radius 2 is 1.83 bits per heavy atom.